The minimum atomic E-state index is 0.725. The van der Waals surface area contributed by atoms with E-state index in [1.165, 1.54) is 43.5 Å². The maximum absolute atomic E-state index is 6.15. The van der Waals surface area contributed by atoms with Gasteiger partial charge in [-0.1, -0.05) is 66.0 Å². The van der Waals surface area contributed by atoms with Crippen molar-refractivity contribution in [2.75, 3.05) is 26.2 Å². The number of likely N-dealkylation sites (tertiary alicyclic amines) is 1. The summed E-state index contributed by atoms with van der Waals surface area (Å²) in [6.45, 7) is 6.26. The fourth-order valence-electron chi connectivity index (χ4n) is 4.25. The SMILES string of the molecule is C/C(=C(/c1ccc(Cl)cc1)c1ccc(OCCN2CCCCC2)cc1)c1ccc(Cl)cc1. The van der Waals surface area contributed by atoms with Crippen molar-refractivity contribution >= 4 is 34.3 Å². The third kappa shape index (κ3) is 5.95. The fourth-order valence-corrected chi connectivity index (χ4v) is 4.51. The van der Waals surface area contributed by atoms with E-state index in [0.717, 1.165) is 45.6 Å². The molecule has 0 saturated carbocycles. The van der Waals surface area contributed by atoms with E-state index >= 15 is 0 Å². The maximum Gasteiger partial charge on any atom is 0.119 e. The lowest BCUT2D eigenvalue weighted by Crippen LogP contribution is -2.33. The molecular weight excluding hydrogens is 437 g/mol. The van der Waals surface area contributed by atoms with Gasteiger partial charge in [-0.05, 0) is 97.1 Å². The summed E-state index contributed by atoms with van der Waals surface area (Å²) in [6.07, 6.45) is 3.97. The average Bonchev–Trinajstić information content (AvgIpc) is 2.82. The van der Waals surface area contributed by atoms with Crippen molar-refractivity contribution in [2.24, 2.45) is 0 Å². The van der Waals surface area contributed by atoms with E-state index in [-0.39, 0.29) is 0 Å². The monoisotopic (exact) mass is 465 g/mol. The normalized spacial score (nSPS) is 15.3. The van der Waals surface area contributed by atoms with Gasteiger partial charge in [-0.3, -0.25) is 4.90 Å². The van der Waals surface area contributed by atoms with Gasteiger partial charge < -0.3 is 4.74 Å². The molecule has 1 heterocycles. The number of hydrogen-bond donors (Lipinski definition) is 0. The second kappa shape index (κ2) is 11.0. The standard InChI is InChI=1S/C28H29Cl2NO/c1-21(22-5-11-25(29)12-6-22)28(23-7-13-26(30)14-8-23)24-9-15-27(16-10-24)32-20-19-31-17-3-2-4-18-31/h5-16H,2-4,17-20H2,1H3/b28-21+. The van der Waals surface area contributed by atoms with Gasteiger partial charge in [0, 0.05) is 16.6 Å². The fraction of sp³-hybridized carbons (Fsp3) is 0.286. The summed E-state index contributed by atoms with van der Waals surface area (Å²) >= 11 is 12.3. The third-order valence-corrected chi connectivity index (χ3v) is 6.56. The first-order valence-electron chi connectivity index (χ1n) is 11.3. The van der Waals surface area contributed by atoms with Crippen LogP contribution >= 0.6 is 23.2 Å². The predicted molar refractivity (Wildman–Crippen MR) is 137 cm³/mol. The molecule has 0 aliphatic carbocycles. The van der Waals surface area contributed by atoms with E-state index < -0.39 is 0 Å². The highest BCUT2D eigenvalue weighted by Gasteiger charge is 2.12. The summed E-state index contributed by atoms with van der Waals surface area (Å²) in [5.74, 6) is 0.908. The molecule has 0 amide bonds. The summed E-state index contributed by atoms with van der Waals surface area (Å²) < 4.78 is 6.03. The Labute approximate surface area is 201 Å². The van der Waals surface area contributed by atoms with Crippen molar-refractivity contribution < 1.29 is 4.74 Å². The van der Waals surface area contributed by atoms with Crippen LogP contribution in [0.2, 0.25) is 10.0 Å². The Balaban J connectivity index is 1.56. The molecule has 166 valence electrons. The van der Waals surface area contributed by atoms with Crippen LogP contribution in [-0.2, 0) is 0 Å². The van der Waals surface area contributed by atoms with Crippen molar-refractivity contribution in [1.82, 2.24) is 4.90 Å². The quantitative estimate of drug-likeness (QED) is 0.329. The van der Waals surface area contributed by atoms with Crippen LogP contribution in [0, 0.1) is 0 Å². The number of ether oxygens (including phenoxy) is 1. The zero-order valence-electron chi connectivity index (χ0n) is 18.5. The number of nitrogens with zero attached hydrogens (tertiary/aromatic N) is 1. The molecule has 0 radical (unpaired) electrons. The summed E-state index contributed by atoms with van der Waals surface area (Å²) in [5.41, 5.74) is 5.76. The Bertz CT molecular complexity index is 1030. The molecule has 0 bridgehead atoms. The van der Waals surface area contributed by atoms with Crippen molar-refractivity contribution in [3.05, 3.63) is 99.5 Å². The molecule has 0 spiro atoms. The Morgan fingerprint density at radius 2 is 1.22 bits per heavy atom. The topological polar surface area (TPSA) is 12.5 Å². The van der Waals surface area contributed by atoms with E-state index in [9.17, 15) is 0 Å². The molecule has 0 unspecified atom stereocenters. The first-order chi connectivity index (χ1) is 15.6. The number of halogens is 2. The van der Waals surface area contributed by atoms with Gasteiger partial charge in [0.15, 0.2) is 0 Å². The first-order valence-corrected chi connectivity index (χ1v) is 12.0. The van der Waals surface area contributed by atoms with E-state index in [4.69, 9.17) is 27.9 Å². The van der Waals surface area contributed by atoms with E-state index in [1.807, 2.05) is 24.3 Å². The third-order valence-electron chi connectivity index (χ3n) is 6.05. The molecule has 1 aliphatic heterocycles. The maximum atomic E-state index is 6.15. The molecule has 1 aliphatic rings. The summed E-state index contributed by atoms with van der Waals surface area (Å²) in [6, 6.07) is 24.4. The van der Waals surface area contributed by atoms with Crippen LogP contribution in [0.1, 0.15) is 42.9 Å². The van der Waals surface area contributed by atoms with Crippen LogP contribution in [0.3, 0.4) is 0 Å². The van der Waals surface area contributed by atoms with Crippen LogP contribution in [-0.4, -0.2) is 31.1 Å². The van der Waals surface area contributed by atoms with Gasteiger partial charge in [0.25, 0.3) is 0 Å². The molecule has 3 aromatic carbocycles. The van der Waals surface area contributed by atoms with Crippen LogP contribution in [0.25, 0.3) is 11.1 Å². The lowest BCUT2D eigenvalue weighted by Gasteiger charge is -2.26. The van der Waals surface area contributed by atoms with Crippen LogP contribution < -0.4 is 4.74 Å². The molecule has 0 atom stereocenters. The Morgan fingerprint density at radius 1 is 0.719 bits per heavy atom. The van der Waals surface area contributed by atoms with Crippen molar-refractivity contribution in [2.45, 2.75) is 26.2 Å². The zero-order valence-corrected chi connectivity index (χ0v) is 20.0. The van der Waals surface area contributed by atoms with Crippen molar-refractivity contribution in [3.63, 3.8) is 0 Å². The second-order valence-electron chi connectivity index (χ2n) is 8.29. The Hall–Kier alpha value is -2.26. The molecule has 0 aromatic heterocycles. The molecule has 32 heavy (non-hydrogen) atoms. The lowest BCUT2D eigenvalue weighted by atomic mass is 9.90. The van der Waals surface area contributed by atoms with E-state index in [0.29, 0.717) is 0 Å². The van der Waals surface area contributed by atoms with Crippen molar-refractivity contribution in [1.29, 1.82) is 0 Å². The smallest absolute Gasteiger partial charge is 0.119 e. The number of benzene rings is 3. The minimum Gasteiger partial charge on any atom is -0.492 e. The highest BCUT2D eigenvalue weighted by atomic mass is 35.5. The van der Waals surface area contributed by atoms with Gasteiger partial charge >= 0.3 is 0 Å². The molecule has 4 rings (SSSR count). The van der Waals surface area contributed by atoms with E-state index in [2.05, 4.69) is 60.4 Å². The van der Waals surface area contributed by atoms with E-state index in [1.54, 1.807) is 0 Å². The zero-order chi connectivity index (χ0) is 22.3. The largest absolute Gasteiger partial charge is 0.492 e. The molecule has 3 aromatic rings. The summed E-state index contributed by atoms with van der Waals surface area (Å²) in [5, 5.41) is 1.47. The lowest BCUT2D eigenvalue weighted by molar-refractivity contribution is 0.183. The van der Waals surface area contributed by atoms with Gasteiger partial charge in [0.05, 0.1) is 0 Å². The molecule has 1 fully saturated rings. The minimum absolute atomic E-state index is 0.725. The number of piperidine rings is 1. The molecule has 4 heteroatoms. The average molecular weight is 466 g/mol. The van der Waals surface area contributed by atoms with Crippen LogP contribution in [0.15, 0.2) is 72.8 Å². The molecule has 1 saturated heterocycles. The molecular formula is C28H29Cl2NO. The van der Waals surface area contributed by atoms with Gasteiger partial charge in [-0.15, -0.1) is 0 Å². The Morgan fingerprint density at radius 3 is 1.78 bits per heavy atom. The summed E-state index contributed by atoms with van der Waals surface area (Å²) in [4.78, 5) is 2.49. The molecule has 0 N–H and O–H groups in total. The highest BCUT2D eigenvalue weighted by molar-refractivity contribution is 6.31. The number of hydrogen-bond acceptors (Lipinski definition) is 2. The number of allylic oxidation sites excluding steroid dienone is 1. The highest BCUT2D eigenvalue weighted by Crippen LogP contribution is 2.34. The Kier molecular flexibility index (Phi) is 7.91. The molecule has 2 nitrogen and oxygen atoms in total. The van der Waals surface area contributed by atoms with Crippen molar-refractivity contribution in [3.8, 4) is 5.75 Å². The van der Waals surface area contributed by atoms with Crippen LogP contribution in [0.4, 0.5) is 0 Å². The van der Waals surface area contributed by atoms with Gasteiger partial charge in [0.2, 0.25) is 0 Å². The van der Waals surface area contributed by atoms with Gasteiger partial charge in [-0.25, -0.2) is 0 Å². The van der Waals surface area contributed by atoms with Gasteiger partial charge in [0.1, 0.15) is 12.4 Å². The van der Waals surface area contributed by atoms with Gasteiger partial charge in [-0.2, -0.15) is 0 Å². The predicted octanol–water partition coefficient (Wildman–Crippen LogP) is 7.84. The second-order valence-corrected chi connectivity index (χ2v) is 9.16. The van der Waals surface area contributed by atoms with Crippen LogP contribution in [0.5, 0.6) is 5.75 Å². The first kappa shape index (κ1) is 22.9. The number of rotatable bonds is 7. The summed E-state index contributed by atoms with van der Waals surface area (Å²) in [7, 11) is 0.